The number of carbonyl (C=O) groups is 1. The molecule has 2 rings (SSSR count). The molecule has 1 unspecified atom stereocenters. The summed E-state index contributed by atoms with van der Waals surface area (Å²) in [5, 5.41) is 0. The van der Waals surface area contributed by atoms with E-state index in [4.69, 9.17) is 5.73 Å². The third-order valence-corrected chi connectivity index (χ3v) is 5.43. The van der Waals surface area contributed by atoms with Gasteiger partial charge in [-0.05, 0) is 43.5 Å². The molecule has 1 aromatic rings. The van der Waals surface area contributed by atoms with Crippen LogP contribution in [0.2, 0.25) is 0 Å². The van der Waals surface area contributed by atoms with Gasteiger partial charge in [0.2, 0.25) is 10.0 Å². The summed E-state index contributed by atoms with van der Waals surface area (Å²) in [6.07, 6.45) is 4.44. The van der Waals surface area contributed by atoms with Gasteiger partial charge in [-0.15, -0.1) is 6.58 Å². The highest BCUT2D eigenvalue weighted by Gasteiger charge is 2.26. The number of nitrogens with one attached hydrogen (secondary N) is 1. The van der Waals surface area contributed by atoms with Crippen molar-refractivity contribution in [3.8, 4) is 0 Å². The van der Waals surface area contributed by atoms with Crippen molar-refractivity contribution in [1.29, 1.82) is 0 Å². The van der Waals surface area contributed by atoms with Crippen LogP contribution in [0.1, 0.15) is 29.6 Å². The number of nitrogens with two attached hydrogens (primary N) is 1. The predicted octanol–water partition coefficient (Wildman–Crippen LogP) is 1.10. The van der Waals surface area contributed by atoms with E-state index in [0.717, 1.165) is 19.3 Å². The maximum atomic E-state index is 12.6. The number of benzene rings is 1. The highest BCUT2D eigenvalue weighted by atomic mass is 32.2. The van der Waals surface area contributed by atoms with Crippen LogP contribution in [-0.2, 0) is 10.0 Å². The lowest BCUT2D eigenvalue weighted by Gasteiger charge is -2.35. The van der Waals surface area contributed by atoms with Gasteiger partial charge in [0.25, 0.3) is 5.91 Å². The Morgan fingerprint density at radius 2 is 2.04 bits per heavy atom. The van der Waals surface area contributed by atoms with Gasteiger partial charge in [0.05, 0.1) is 4.90 Å². The normalized spacial score (nSPS) is 18.7. The summed E-state index contributed by atoms with van der Waals surface area (Å²) in [7, 11) is -3.57. The fourth-order valence-corrected chi connectivity index (χ4v) is 3.71. The van der Waals surface area contributed by atoms with Crippen LogP contribution in [0.15, 0.2) is 41.8 Å². The first-order valence-corrected chi connectivity index (χ1v) is 9.19. The van der Waals surface area contributed by atoms with E-state index in [0.29, 0.717) is 18.7 Å². The van der Waals surface area contributed by atoms with Crippen molar-refractivity contribution in [3.63, 3.8) is 0 Å². The number of piperidine rings is 1. The van der Waals surface area contributed by atoms with E-state index in [2.05, 4.69) is 11.3 Å². The van der Waals surface area contributed by atoms with Crippen LogP contribution in [0, 0.1) is 0 Å². The molecule has 1 fully saturated rings. The van der Waals surface area contributed by atoms with Crippen LogP contribution in [-0.4, -0.2) is 44.9 Å². The lowest BCUT2D eigenvalue weighted by Crippen LogP contribution is -2.47. The van der Waals surface area contributed by atoms with E-state index in [-0.39, 0.29) is 23.4 Å². The lowest BCUT2D eigenvalue weighted by molar-refractivity contribution is 0.0623. The molecule has 0 radical (unpaired) electrons. The average Bonchev–Trinajstić information content (AvgIpc) is 2.59. The number of rotatable bonds is 6. The first kappa shape index (κ1) is 17.7. The lowest BCUT2D eigenvalue weighted by atomic mass is 10.0. The zero-order valence-electron chi connectivity index (χ0n) is 13.1. The molecule has 1 aromatic carbocycles. The van der Waals surface area contributed by atoms with E-state index in [1.165, 1.54) is 18.2 Å². The van der Waals surface area contributed by atoms with Gasteiger partial charge in [0, 0.05) is 31.2 Å². The molecule has 0 bridgehead atoms. The Hall–Kier alpha value is -1.70. The summed E-state index contributed by atoms with van der Waals surface area (Å²) in [6.45, 7) is 4.78. The fourth-order valence-electron chi connectivity index (χ4n) is 2.71. The van der Waals surface area contributed by atoms with Crippen molar-refractivity contribution in [3.05, 3.63) is 42.5 Å². The largest absolute Gasteiger partial charge is 0.334 e. The molecule has 1 aliphatic heterocycles. The smallest absolute Gasteiger partial charge is 0.254 e. The van der Waals surface area contributed by atoms with Crippen LogP contribution in [0.4, 0.5) is 0 Å². The maximum Gasteiger partial charge on any atom is 0.254 e. The Balaban J connectivity index is 2.15. The fraction of sp³-hybridized carbons (Fsp3) is 0.438. The van der Waals surface area contributed by atoms with Gasteiger partial charge >= 0.3 is 0 Å². The Labute approximate surface area is 137 Å². The number of nitrogens with zero attached hydrogens (tertiary/aromatic N) is 1. The molecule has 1 aliphatic rings. The number of sulfonamides is 1. The quantitative estimate of drug-likeness (QED) is 0.761. The van der Waals surface area contributed by atoms with Crippen LogP contribution in [0.3, 0.4) is 0 Å². The number of carbonyl (C=O) groups excluding carboxylic acids is 1. The first-order chi connectivity index (χ1) is 11.0. The molecule has 1 heterocycles. The summed E-state index contributed by atoms with van der Waals surface area (Å²) >= 11 is 0. The van der Waals surface area contributed by atoms with Crippen molar-refractivity contribution in [2.45, 2.75) is 30.2 Å². The standard InChI is InChI=1S/C16H23N3O3S/c1-2-10-18-23(21,22)15-8-6-13(7-9-15)16(20)19-11-4-3-5-14(19)12-17/h2,6-9,14,18H,1,3-5,10-12,17H2. The summed E-state index contributed by atoms with van der Waals surface area (Å²) < 4.78 is 26.4. The van der Waals surface area contributed by atoms with Crippen LogP contribution in [0.5, 0.6) is 0 Å². The van der Waals surface area contributed by atoms with Gasteiger partial charge in [0.1, 0.15) is 0 Å². The first-order valence-electron chi connectivity index (χ1n) is 7.71. The SMILES string of the molecule is C=CCNS(=O)(=O)c1ccc(C(=O)N2CCCCC2CN)cc1. The van der Waals surface area contributed by atoms with Crippen LogP contribution < -0.4 is 10.5 Å². The molecule has 1 saturated heterocycles. The molecular formula is C16H23N3O3S. The van der Waals surface area contributed by atoms with Crippen LogP contribution in [0.25, 0.3) is 0 Å². The molecule has 0 aromatic heterocycles. The summed E-state index contributed by atoms with van der Waals surface area (Å²) in [5.41, 5.74) is 6.23. The average molecular weight is 337 g/mol. The molecule has 6 nitrogen and oxygen atoms in total. The highest BCUT2D eigenvalue weighted by molar-refractivity contribution is 7.89. The Morgan fingerprint density at radius 1 is 1.35 bits per heavy atom. The monoisotopic (exact) mass is 337 g/mol. The molecule has 23 heavy (non-hydrogen) atoms. The van der Waals surface area contributed by atoms with E-state index in [1.807, 2.05) is 0 Å². The minimum Gasteiger partial charge on any atom is -0.334 e. The molecule has 7 heteroatoms. The zero-order chi connectivity index (χ0) is 16.9. The van der Waals surface area contributed by atoms with E-state index < -0.39 is 10.0 Å². The third-order valence-electron chi connectivity index (χ3n) is 3.99. The topological polar surface area (TPSA) is 92.5 Å². The maximum absolute atomic E-state index is 12.6. The number of hydrogen-bond acceptors (Lipinski definition) is 4. The second-order valence-corrected chi connectivity index (χ2v) is 7.32. The molecule has 0 saturated carbocycles. The second kappa shape index (κ2) is 7.72. The highest BCUT2D eigenvalue weighted by Crippen LogP contribution is 2.20. The van der Waals surface area contributed by atoms with Crippen molar-refractivity contribution in [2.75, 3.05) is 19.6 Å². The van der Waals surface area contributed by atoms with Gasteiger partial charge in [-0.3, -0.25) is 4.79 Å². The second-order valence-electron chi connectivity index (χ2n) is 5.55. The molecule has 1 atom stereocenters. The van der Waals surface area contributed by atoms with E-state index >= 15 is 0 Å². The minimum absolute atomic E-state index is 0.0638. The summed E-state index contributed by atoms with van der Waals surface area (Å²) in [5.74, 6) is -0.0943. The van der Waals surface area contributed by atoms with Gasteiger partial charge in [-0.2, -0.15) is 0 Å². The van der Waals surface area contributed by atoms with Gasteiger partial charge in [-0.1, -0.05) is 6.08 Å². The molecule has 3 N–H and O–H groups in total. The zero-order valence-corrected chi connectivity index (χ0v) is 13.9. The minimum atomic E-state index is -3.57. The van der Waals surface area contributed by atoms with Crippen molar-refractivity contribution in [1.82, 2.24) is 9.62 Å². The third kappa shape index (κ3) is 4.19. The van der Waals surface area contributed by atoms with Crippen molar-refractivity contribution in [2.24, 2.45) is 5.73 Å². The van der Waals surface area contributed by atoms with Gasteiger partial charge < -0.3 is 10.6 Å². The summed E-state index contributed by atoms with van der Waals surface area (Å²) in [4.78, 5) is 14.5. The predicted molar refractivity (Wildman–Crippen MR) is 89.6 cm³/mol. The van der Waals surface area contributed by atoms with Gasteiger partial charge in [-0.25, -0.2) is 13.1 Å². The van der Waals surface area contributed by atoms with Crippen LogP contribution >= 0.6 is 0 Å². The van der Waals surface area contributed by atoms with Crippen molar-refractivity contribution < 1.29 is 13.2 Å². The molecule has 126 valence electrons. The van der Waals surface area contributed by atoms with E-state index in [9.17, 15) is 13.2 Å². The van der Waals surface area contributed by atoms with Crippen molar-refractivity contribution >= 4 is 15.9 Å². The number of hydrogen-bond donors (Lipinski definition) is 2. The molecular weight excluding hydrogens is 314 g/mol. The summed E-state index contributed by atoms with van der Waals surface area (Å²) in [6, 6.07) is 6.05. The molecule has 1 amide bonds. The number of amides is 1. The molecule has 0 spiro atoms. The Kier molecular flexibility index (Phi) is 5.92. The Bertz CT molecular complexity index is 656. The number of likely N-dealkylation sites (tertiary alicyclic amines) is 1. The molecule has 0 aliphatic carbocycles. The Morgan fingerprint density at radius 3 is 2.65 bits per heavy atom. The van der Waals surface area contributed by atoms with Gasteiger partial charge in [0.15, 0.2) is 0 Å². The van der Waals surface area contributed by atoms with E-state index in [1.54, 1.807) is 17.0 Å².